The van der Waals surface area contributed by atoms with E-state index in [1.54, 1.807) is 49.3 Å². The van der Waals surface area contributed by atoms with Gasteiger partial charge in [0.05, 0.1) is 12.3 Å². The third-order valence-electron chi connectivity index (χ3n) is 4.94. The smallest absolute Gasteiger partial charge is 0.239 e. The van der Waals surface area contributed by atoms with Crippen LogP contribution in [0.3, 0.4) is 0 Å². The number of carbonyl (C=O) groups excluding carboxylic acids is 2. The number of piperazine rings is 1. The number of para-hydroxylation sites is 2. The van der Waals surface area contributed by atoms with Crippen molar-refractivity contribution in [3.63, 3.8) is 0 Å². The number of carbonyl (C=O) groups is 2. The molecule has 3 rings (SSSR count). The summed E-state index contributed by atoms with van der Waals surface area (Å²) in [6.07, 6.45) is 3.40. The van der Waals surface area contributed by atoms with Crippen molar-refractivity contribution >= 4 is 23.5 Å². The normalized spacial score (nSPS) is 14.4. The molecule has 2 heterocycles. The van der Waals surface area contributed by atoms with E-state index in [-0.39, 0.29) is 11.8 Å². The van der Waals surface area contributed by atoms with Gasteiger partial charge in [-0.15, -0.1) is 0 Å². The van der Waals surface area contributed by atoms with Gasteiger partial charge in [-0.2, -0.15) is 0 Å². The lowest BCUT2D eigenvalue weighted by atomic mass is 9.89. The zero-order chi connectivity index (χ0) is 20.9. The number of amides is 2. The molecule has 0 unspecified atom stereocenters. The number of rotatable bonds is 6. The zero-order valence-electron chi connectivity index (χ0n) is 17.1. The first kappa shape index (κ1) is 20.6. The minimum Gasteiger partial charge on any atom is -0.492 e. The molecule has 1 N–H and O–H groups in total. The molecule has 1 aliphatic rings. The Morgan fingerprint density at radius 3 is 2.38 bits per heavy atom. The van der Waals surface area contributed by atoms with Crippen molar-refractivity contribution < 1.29 is 14.3 Å². The van der Waals surface area contributed by atoms with Gasteiger partial charge in [-0.3, -0.25) is 9.59 Å². The van der Waals surface area contributed by atoms with E-state index in [1.807, 2.05) is 24.0 Å². The van der Waals surface area contributed by atoms with E-state index in [1.165, 1.54) is 0 Å². The summed E-state index contributed by atoms with van der Waals surface area (Å²) in [7, 11) is 0. The van der Waals surface area contributed by atoms with E-state index < -0.39 is 5.41 Å². The van der Waals surface area contributed by atoms with Crippen molar-refractivity contribution in [1.82, 2.24) is 14.9 Å². The highest BCUT2D eigenvalue weighted by atomic mass is 16.5. The summed E-state index contributed by atoms with van der Waals surface area (Å²) in [4.78, 5) is 38.3. The maximum Gasteiger partial charge on any atom is 0.239 e. The first-order valence-corrected chi connectivity index (χ1v) is 9.78. The predicted octanol–water partition coefficient (Wildman–Crippen LogP) is 2.19. The average molecular weight is 397 g/mol. The third kappa shape index (κ3) is 4.64. The Balaban J connectivity index is 1.63. The molecule has 1 aromatic heterocycles. The van der Waals surface area contributed by atoms with E-state index in [9.17, 15) is 9.59 Å². The van der Waals surface area contributed by atoms with Crippen molar-refractivity contribution in [2.45, 2.75) is 20.8 Å². The van der Waals surface area contributed by atoms with Gasteiger partial charge in [0.2, 0.25) is 17.8 Å². The lowest BCUT2D eigenvalue weighted by molar-refractivity contribution is -0.146. The van der Waals surface area contributed by atoms with Gasteiger partial charge in [-0.25, -0.2) is 9.97 Å². The molecule has 0 aliphatic carbocycles. The zero-order valence-corrected chi connectivity index (χ0v) is 17.1. The molecule has 1 fully saturated rings. The molecular weight excluding hydrogens is 370 g/mol. The van der Waals surface area contributed by atoms with Crippen LogP contribution in [0.2, 0.25) is 0 Å². The van der Waals surface area contributed by atoms with Gasteiger partial charge in [0.15, 0.2) is 0 Å². The molecule has 154 valence electrons. The molecule has 2 amide bonds. The molecule has 0 radical (unpaired) electrons. The van der Waals surface area contributed by atoms with Gasteiger partial charge >= 0.3 is 0 Å². The van der Waals surface area contributed by atoms with E-state index in [4.69, 9.17) is 4.74 Å². The number of nitrogens with zero attached hydrogens (tertiary/aromatic N) is 4. The molecule has 0 spiro atoms. The SMILES string of the molecule is CCOc1ccccc1NC(=O)C(C)(C)C(=O)N1CCN(c2ncccn2)CC1. The van der Waals surface area contributed by atoms with Crippen LogP contribution in [0.4, 0.5) is 11.6 Å². The maximum atomic E-state index is 13.1. The molecular formula is C21H27N5O3. The minimum absolute atomic E-state index is 0.197. The van der Waals surface area contributed by atoms with Crippen molar-refractivity contribution in [1.29, 1.82) is 0 Å². The predicted molar refractivity (Wildman–Crippen MR) is 111 cm³/mol. The molecule has 1 aliphatic heterocycles. The van der Waals surface area contributed by atoms with E-state index in [2.05, 4.69) is 15.3 Å². The van der Waals surface area contributed by atoms with Gasteiger partial charge in [0, 0.05) is 38.6 Å². The quantitative estimate of drug-likeness (QED) is 0.752. The molecule has 2 aromatic rings. The third-order valence-corrected chi connectivity index (χ3v) is 4.94. The molecule has 8 nitrogen and oxygen atoms in total. The Labute approximate surface area is 170 Å². The van der Waals surface area contributed by atoms with Gasteiger partial charge < -0.3 is 19.9 Å². The highest BCUT2D eigenvalue weighted by molar-refractivity contribution is 6.10. The average Bonchev–Trinajstić information content (AvgIpc) is 2.75. The second-order valence-electron chi connectivity index (χ2n) is 7.34. The summed E-state index contributed by atoms with van der Waals surface area (Å²) in [5.41, 5.74) is -0.642. The second kappa shape index (κ2) is 8.89. The Hall–Kier alpha value is -3.16. The molecule has 0 atom stereocenters. The summed E-state index contributed by atoms with van der Waals surface area (Å²) in [5, 5.41) is 2.85. The molecule has 29 heavy (non-hydrogen) atoms. The van der Waals surface area contributed by atoms with Crippen LogP contribution in [0, 0.1) is 5.41 Å². The van der Waals surface area contributed by atoms with Crippen LogP contribution < -0.4 is 15.0 Å². The fraction of sp³-hybridized carbons (Fsp3) is 0.429. The minimum atomic E-state index is -1.20. The highest BCUT2D eigenvalue weighted by Gasteiger charge is 2.40. The number of anilines is 2. The maximum absolute atomic E-state index is 13.1. The van der Waals surface area contributed by atoms with Gasteiger partial charge in [-0.05, 0) is 39.0 Å². The standard InChI is InChI=1S/C21H27N5O3/c1-4-29-17-9-6-5-8-16(17)24-18(27)21(2,3)19(28)25-12-14-26(15-13-25)20-22-10-7-11-23-20/h5-11H,4,12-15H2,1-3H3,(H,24,27). The molecule has 0 bridgehead atoms. The van der Waals surface area contributed by atoms with Crippen molar-refractivity contribution in [2.24, 2.45) is 5.41 Å². The van der Waals surface area contributed by atoms with Crippen LogP contribution in [0.15, 0.2) is 42.7 Å². The Kier molecular flexibility index (Phi) is 6.31. The number of hydrogen-bond acceptors (Lipinski definition) is 6. The van der Waals surface area contributed by atoms with Crippen molar-refractivity contribution in [3.8, 4) is 5.75 Å². The number of hydrogen-bond donors (Lipinski definition) is 1. The fourth-order valence-electron chi connectivity index (χ4n) is 3.19. The summed E-state index contributed by atoms with van der Waals surface area (Å²) in [6, 6.07) is 8.99. The molecule has 1 saturated heterocycles. The van der Waals surface area contributed by atoms with Crippen LogP contribution in [-0.2, 0) is 9.59 Å². The summed E-state index contributed by atoms with van der Waals surface area (Å²) >= 11 is 0. The molecule has 1 aromatic carbocycles. The van der Waals surface area contributed by atoms with Crippen LogP contribution >= 0.6 is 0 Å². The second-order valence-corrected chi connectivity index (χ2v) is 7.34. The van der Waals surface area contributed by atoms with Crippen LogP contribution in [0.5, 0.6) is 5.75 Å². The van der Waals surface area contributed by atoms with Gasteiger partial charge in [0.1, 0.15) is 11.2 Å². The van der Waals surface area contributed by atoms with Crippen LogP contribution in [-0.4, -0.2) is 59.5 Å². The largest absolute Gasteiger partial charge is 0.492 e. The van der Waals surface area contributed by atoms with Gasteiger partial charge in [0.25, 0.3) is 0 Å². The number of benzene rings is 1. The van der Waals surface area contributed by atoms with Crippen LogP contribution in [0.25, 0.3) is 0 Å². The highest BCUT2D eigenvalue weighted by Crippen LogP contribution is 2.28. The van der Waals surface area contributed by atoms with E-state index in [0.717, 1.165) is 0 Å². The lowest BCUT2D eigenvalue weighted by Gasteiger charge is -2.38. The fourth-order valence-corrected chi connectivity index (χ4v) is 3.19. The van der Waals surface area contributed by atoms with Crippen LogP contribution in [0.1, 0.15) is 20.8 Å². The first-order chi connectivity index (χ1) is 13.9. The summed E-state index contributed by atoms with van der Waals surface area (Å²) in [6.45, 7) is 7.96. The van der Waals surface area contributed by atoms with E-state index in [0.29, 0.717) is 50.2 Å². The Morgan fingerprint density at radius 1 is 1.07 bits per heavy atom. The van der Waals surface area contributed by atoms with E-state index >= 15 is 0 Å². The Morgan fingerprint density at radius 2 is 1.72 bits per heavy atom. The Bertz CT molecular complexity index is 848. The van der Waals surface area contributed by atoms with Crippen molar-refractivity contribution in [3.05, 3.63) is 42.7 Å². The summed E-state index contributed by atoms with van der Waals surface area (Å²) < 4.78 is 5.55. The monoisotopic (exact) mass is 397 g/mol. The number of nitrogens with one attached hydrogen (secondary N) is 1. The molecule has 8 heteroatoms. The first-order valence-electron chi connectivity index (χ1n) is 9.78. The number of ether oxygens (including phenoxy) is 1. The number of aromatic nitrogens is 2. The molecule has 0 saturated carbocycles. The summed E-state index contributed by atoms with van der Waals surface area (Å²) in [5.74, 6) is 0.688. The topological polar surface area (TPSA) is 87.7 Å². The van der Waals surface area contributed by atoms with Gasteiger partial charge in [-0.1, -0.05) is 12.1 Å². The van der Waals surface area contributed by atoms with Crippen molar-refractivity contribution in [2.75, 3.05) is 43.0 Å². The lowest BCUT2D eigenvalue weighted by Crippen LogP contribution is -2.54.